The van der Waals surface area contributed by atoms with Gasteiger partial charge in [0.25, 0.3) is 5.91 Å². The fourth-order valence-electron chi connectivity index (χ4n) is 2.21. The lowest BCUT2D eigenvalue weighted by atomic mass is 10.3. The standard InChI is InChI=1S/C14H25N5OS/c1-10(2)18(3)9-6-16-13(20)11-12(15)17-14(21-11)19-7-4-5-8-19/h10H,4-9,15H2,1-3H3,(H,16,20). The lowest BCUT2D eigenvalue weighted by molar-refractivity contribution is 0.0953. The van der Waals surface area contributed by atoms with Gasteiger partial charge in [0.05, 0.1) is 0 Å². The lowest BCUT2D eigenvalue weighted by Gasteiger charge is -2.20. The number of carbonyl (C=O) groups excluding carboxylic acids is 1. The molecule has 1 aliphatic heterocycles. The third-order valence-electron chi connectivity index (χ3n) is 3.86. The molecule has 2 rings (SSSR count). The molecule has 0 radical (unpaired) electrons. The van der Waals surface area contributed by atoms with Gasteiger partial charge in [-0.2, -0.15) is 0 Å². The first kappa shape index (κ1) is 16.0. The van der Waals surface area contributed by atoms with Crippen LogP contribution in [-0.4, -0.2) is 55.1 Å². The topological polar surface area (TPSA) is 74.5 Å². The van der Waals surface area contributed by atoms with E-state index in [0.717, 1.165) is 24.8 Å². The molecule has 21 heavy (non-hydrogen) atoms. The molecule has 2 heterocycles. The number of rotatable bonds is 6. The molecule has 1 amide bonds. The summed E-state index contributed by atoms with van der Waals surface area (Å²) in [6.07, 6.45) is 2.37. The molecular formula is C14H25N5OS. The van der Waals surface area contributed by atoms with Crippen LogP contribution < -0.4 is 16.0 Å². The van der Waals surface area contributed by atoms with E-state index in [1.165, 1.54) is 24.2 Å². The van der Waals surface area contributed by atoms with Gasteiger partial charge in [-0.1, -0.05) is 11.3 Å². The maximum Gasteiger partial charge on any atom is 0.265 e. The third kappa shape index (κ3) is 4.07. The number of aromatic nitrogens is 1. The molecule has 118 valence electrons. The smallest absolute Gasteiger partial charge is 0.265 e. The van der Waals surface area contributed by atoms with E-state index in [4.69, 9.17) is 5.73 Å². The van der Waals surface area contributed by atoms with Gasteiger partial charge in [0, 0.05) is 32.2 Å². The number of hydrogen-bond donors (Lipinski definition) is 2. The van der Waals surface area contributed by atoms with Crippen molar-refractivity contribution in [1.82, 2.24) is 15.2 Å². The van der Waals surface area contributed by atoms with Crippen LogP contribution in [-0.2, 0) is 0 Å². The second-order valence-electron chi connectivity index (χ2n) is 5.74. The molecule has 1 saturated heterocycles. The molecule has 0 aliphatic carbocycles. The zero-order valence-electron chi connectivity index (χ0n) is 13.1. The zero-order chi connectivity index (χ0) is 15.4. The summed E-state index contributed by atoms with van der Waals surface area (Å²) in [5.74, 6) is 0.226. The van der Waals surface area contributed by atoms with E-state index in [1.807, 2.05) is 7.05 Å². The molecule has 0 spiro atoms. The Kier molecular flexibility index (Phi) is 5.41. The summed E-state index contributed by atoms with van der Waals surface area (Å²) in [5, 5.41) is 3.79. The summed E-state index contributed by atoms with van der Waals surface area (Å²) in [6.45, 7) is 7.71. The Morgan fingerprint density at radius 3 is 2.76 bits per heavy atom. The van der Waals surface area contributed by atoms with E-state index in [-0.39, 0.29) is 5.91 Å². The Morgan fingerprint density at radius 1 is 1.48 bits per heavy atom. The molecule has 1 aromatic rings. The minimum absolute atomic E-state index is 0.118. The lowest BCUT2D eigenvalue weighted by Crippen LogP contribution is -2.36. The molecular weight excluding hydrogens is 286 g/mol. The molecule has 0 atom stereocenters. The number of carbonyl (C=O) groups is 1. The average molecular weight is 311 g/mol. The van der Waals surface area contributed by atoms with Crippen LogP contribution in [0.5, 0.6) is 0 Å². The van der Waals surface area contributed by atoms with Crippen LogP contribution in [0, 0.1) is 0 Å². The van der Waals surface area contributed by atoms with E-state index in [2.05, 4.69) is 33.9 Å². The van der Waals surface area contributed by atoms with Crippen molar-refractivity contribution in [3.05, 3.63) is 4.88 Å². The third-order valence-corrected chi connectivity index (χ3v) is 4.99. The van der Waals surface area contributed by atoms with Crippen LogP contribution in [0.3, 0.4) is 0 Å². The number of nitrogen functional groups attached to an aromatic ring is 1. The van der Waals surface area contributed by atoms with Gasteiger partial charge < -0.3 is 20.9 Å². The van der Waals surface area contributed by atoms with Crippen LogP contribution >= 0.6 is 11.3 Å². The van der Waals surface area contributed by atoms with Gasteiger partial charge >= 0.3 is 0 Å². The Morgan fingerprint density at radius 2 is 2.14 bits per heavy atom. The first-order chi connectivity index (χ1) is 9.99. The van der Waals surface area contributed by atoms with Crippen LogP contribution in [0.1, 0.15) is 36.4 Å². The maximum atomic E-state index is 12.2. The van der Waals surface area contributed by atoms with E-state index in [0.29, 0.717) is 23.3 Å². The molecule has 6 nitrogen and oxygen atoms in total. The number of hydrogen-bond acceptors (Lipinski definition) is 6. The summed E-state index contributed by atoms with van der Waals surface area (Å²) < 4.78 is 0. The molecule has 3 N–H and O–H groups in total. The molecule has 1 aliphatic rings. The van der Waals surface area contributed by atoms with Gasteiger partial charge in [-0.15, -0.1) is 0 Å². The normalized spacial score (nSPS) is 15.2. The van der Waals surface area contributed by atoms with Gasteiger partial charge in [0.15, 0.2) is 5.13 Å². The average Bonchev–Trinajstić information content (AvgIpc) is 3.07. The molecule has 0 unspecified atom stereocenters. The highest BCUT2D eigenvalue weighted by Gasteiger charge is 2.21. The van der Waals surface area contributed by atoms with E-state index >= 15 is 0 Å². The van der Waals surface area contributed by atoms with E-state index < -0.39 is 0 Å². The summed E-state index contributed by atoms with van der Waals surface area (Å²) in [4.78, 5) is 21.4. The number of anilines is 2. The van der Waals surface area contributed by atoms with Crippen LogP contribution in [0.4, 0.5) is 10.9 Å². The second kappa shape index (κ2) is 7.09. The van der Waals surface area contributed by atoms with Gasteiger partial charge in [0.2, 0.25) is 0 Å². The van der Waals surface area contributed by atoms with Gasteiger partial charge in [-0.25, -0.2) is 4.98 Å². The number of thiazole rings is 1. The highest BCUT2D eigenvalue weighted by atomic mass is 32.1. The minimum atomic E-state index is -0.118. The predicted octanol–water partition coefficient (Wildman–Crippen LogP) is 1.40. The molecule has 0 bridgehead atoms. The van der Waals surface area contributed by atoms with Crippen LogP contribution in [0.2, 0.25) is 0 Å². The zero-order valence-corrected chi connectivity index (χ0v) is 13.9. The van der Waals surface area contributed by atoms with Gasteiger partial charge in [0.1, 0.15) is 10.7 Å². The quantitative estimate of drug-likeness (QED) is 0.830. The minimum Gasteiger partial charge on any atom is -0.382 e. The number of nitrogens with zero attached hydrogens (tertiary/aromatic N) is 3. The fraction of sp³-hybridized carbons (Fsp3) is 0.714. The number of nitrogens with two attached hydrogens (primary N) is 1. The van der Waals surface area contributed by atoms with Crippen molar-refractivity contribution in [2.75, 3.05) is 43.9 Å². The molecule has 1 aromatic heterocycles. The Balaban J connectivity index is 1.90. The van der Waals surface area contributed by atoms with Crippen molar-refractivity contribution in [1.29, 1.82) is 0 Å². The molecule has 7 heteroatoms. The van der Waals surface area contributed by atoms with Crippen molar-refractivity contribution >= 4 is 28.2 Å². The van der Waals surface area contributed by atoms with Gasteiger partial charge in [-0.3, -0.25) is 4.79 Å². The number of amides is 1. The highest BCUT2D eigenvalue weighted by molar-refractivity contribution is 7.18. The van der Waals surface area contributed by atoms with Crippen molar-refractivity contribution < 1.29 is 4.79 Å². The summed E-state index contributed by atoms with van der Waals surface area (Å²) in [7, 11) is 2.05. The Hall–Kier alpha value is -1.34. The summed E-state index contributed by atoms with van der Waals surface area (Å²) >= 11 is 1.39. The molecule has 1 fully saturated rings. The first-order valence-electron chi connectivity index (χ1n) is 7.48. The van der Waals surface area contributed by atoms with Crippen molar-refractivity contribution in [2.45, 2.75) is 32.7 Å². The second-order valence-corrected chi connectivity index (χ2v) is 6.71. The Labute approximate surface area is 130 Å². The molecule has 0 saturated carbocycles. The van der Waals surface area contributed by atoms with Crippen molar-refractivity contribution in [3.8, 4) is 0 Å². The van der Waals surface area contributed by atoms with Crippen LogP contribution in [0.25, 0.3) is 0 Å². The van der Waals surface area contributed by atoms with Crippen LogP contribution in [0.15, 0.2) is 0 Å². The first-order valence-corrected chi connectivity index (χ1v) is 8.30. The maximum absolute atomic E-state index is 12.2. The highest BCUT2D eigenvalue weighted by Crippen LogP contribution is 2.30. The molecule has 0 aromatic carbocycles. The largest absolute Gasteiger partial charge is 0.382 e. The summed E-state index contributed by atoms with van der Waals surface area (Å²) in [6, 6.07) is 0.470. The van der Waals surface area contributed by atoms with E-state index in [1.54, 1.807) is 0 Å². The predicted molar refractivity (Wildman–Crippen MR) is 88.1 cm³/mol. The SMILES string of the molecule is CC(C)N(C)CCNC(=O)c1sc(N2CCCC2)nc1N. The monoisotopic (exact) mass is 311 g/mol. The Bertz CT molecular complexity index is 482. The number of nitrogens with one attached hydrogen (secondary N) is 1. The van der Waals surface area contributed by atoms with E-state index in [9.17, 15) is 4.79 Å². The summed E-state index contributed by atoms with van der Waals surface area (Å²) in [5.41, 5.74) is 5.89. The van der Waals surface area contributed by atoms with Crippen molar-refractivity contribution in [2.24, 2.45) is 0 Å². The van der Waals surface area contributed by atoms with Gasteiger partial charge in [-0.05, 0) is 33.7 Å². The number of likely N-dealkylation sites (N-methyl/N-ethyl adjacent to an activating group) is 1. The fourth-order valence-corrected chi connectivity index (χ4v) is 3.16. The van der Waals surface area contributed by atoms with Crippen molar-refractivity contribution in [3.63, 3.8) is 0 Å².